The van der Waals surface area contributed by atoms with Gasteiger partial charge in [0.2, 0.25) is 0 Å². The van der Waals surface area contributed by atoms with E-state index in [0.717, 1.165) is 21.0 Å². The Bertz CT molecular complexity index is 1400. The second-order valence-electron chi connectivity index (χ2n) is 7.16. The molecule has 2 heterocycles. The average Bonchev–Trinajstić information content (AvgIpc) is 3.14. The Kier molecular flexibility index (Phi) is 5.96. The zero-order chi connectivity index (χ0) is 22.8. The summed E-state index contributed by atoms with van der Waals surface area (Å²) in [5, 5.41) is 4.70. The van der Waals surface area contributed by atoms with Gasteiger partial charge in [0.25, 0.3) is 5.91 Å². The fourth-order valence-corrected chi connectivity index (χ4v) is 4.48. The molecule has 0 bridgehead atoms. The lowest BCUT2D eigenvalue weighted by Crippen LogP contribution is -2.21. The van der Waals surface area contributed by atoms with Crippen molar-refractivity contribution in [1.29, 1.82) is 0 Å². The summed E-state index contributed by atoms with van der Waals surface area (Å²) in [6.07, 6.45) is 0. The van der Waals surface area contributed by atoms with Gasteiger partial charge in [-0.05, 0) is 44.5 Å². The number of nitrogens with one attached hydrogen (secondary N) is 1. The smallest absolute Gasteiger partial charge is 0.341 e. The van der Waals surface area contributed by atoms with E-state index in [9.17, 15) is 14.4 Å². The van der Waals surface area contributed by atoms with E-state index in [0.29, 0.717) is 27.5 Å². The van der Waals surface area contributed by atoms with Crippen LogP contribution in [0.3, 0.4) is 0 Å². The van der Waals surface area contributed by atoms with Gasteiger partial charge in [-0.3, -0.25) is 4.79 Å². The highest BCUT2D eigenvalue weighted by Gasteiger charge is 2.21. The van der Waals surface area contributed by atoms with Crippen LogP contribution in [0.25, 0.3) is 21.1 Å². The maximum absolute atomic E-state index is 12.6. The largest absolute Gasteiger partial charge is 0.484 e. The van der Waals surface area contributed by atoms with E-state index >= 15 is 0 Å². The third-order valence-electron chi connectivity index (χ3n) is 5.13. The molecule has 164 valence electrons. The normalized spacial score (nSPS) is 11.0. The molecule has 32 heavy (non-hydrogen) atoms. The molecule has 0 saturated heterocycles. The number of fused-ring (bicyclic) bond motifs is 2. The number of aryl methyl sites for hydroxylation is 1. The van der Waals surface area contributed by atoms with Gasteiger partial charge in [0.15, 0.2) is 6.61 Å². The number of carbonyl (C=O) groups is 2. The number of benzene rings is 2. The summed E-state index contributed by atoms with van der Waals surface area (Å²) in [5.41, 5.74) is 1.73. The molecule has 0 fully saturated rings. The Morgan fingerprint density at radius 1 is 1.06 bits per heavy atom. The Morgan fingerprint density at radius 3 is 2.62 bits per heavy atom. The van der Waals surface area contributed by atoms with E-state index in [1.165, 1.54) is 11.3 Å². The van der Waals surface area contributed by atoms with Crippen LogP contribution < -0.4 is 15.7 Å². The molecule has 2 aromatic carbocycles. The van der Waals surface area contributed by atoms with Crippen LogP contribution in [0.5, 0.6) is 5.75 Å². The van der Waals surface area contributed by atoms with Gasteiger partial charge in [-0.25, -0.2) is 9.59 Å². The molecule has 0 saturated carbocycles. The third kappa shape index (κ3) is 4.09. The van der Waals surface area contributed by atoms with Crippen molar-refractivity contribution in [2.75, 3.05) is 18.5 Å². The minimum absolute atomic E-state index is 0.233. The molecule has 7 nitrogen and oxygen atoms in total. The molecule has 0 aliphatic carbocycles. The van der Waals surface area contributed by atoms with Gasteiger partial charge in [0.05, 0.1) is 6.61 Å². The Hall–Kier alpha value is -3.65. The van der Waals surface area contributed by atoms with Crippen molar-refractivity contribution in [3.63, 3.8) is 0 Å². The summed E-state index contributed by atoms with van der Waals surface area (Å²) < 4.78 is 17.0. The summed E-state index contributed by atoms with van der Waals surface area (Å²) in [5.74, 6) is -0.527. The van der Waals surface area contributed by atoms with E-state index in [-0.39, 0.29) is 13.2 Å². The van der Waals surface area contributed by atoms with Crippen LogP contribution in [0.1, 0.15) is 28.4 Å². The Labute approximate surface area is 187 Å². The van der Waals surface area contributed by atoms with Crippen LogP contribution in [0.15, 0.2) is 51.7 Å². The van der Waals surface area contributed by atoms with Gasteiger partial charge in [-0.2, -0.15) is 0 Å². The average molecular weight is 452 g/mol. The highest BCUT2D eigenvalue weighted by atomic mass is 32.1. The summed E-state index contributed by atoms with van der Waals surface area (Å²) >= 11 is 1.30. The monoisotopic (exact) mass is 451 g/mol. The van der Waals surface area contributed by atoms with Gasteiger partial charge < -0.3 is 19.2 Å². The lowest BCUT2D eigenvalue weighted by atomic mass is 10.1. The van der Waals surface area contributed by atoms with Crippen molar-refractivity contribution in [2.24, 2.45) is 0 Å². The zero-order valence-corrected chi connectivity index (χ0v) is 18.6. The molecule has 0 aliphatic heterocycles. The maximum atomic E-state index is 12.6. The zero-order valence-electron chi connectivity index (χ0n) is 17.8. The summed E-state index contributed by atoms with van der Waals surface area (Å²) in [7, 11) is 0. The number of anilines is 1. The molecular formula is C24H21NO6S. The van der Waals surface area contributed by atoms with E-state index in [2.05, 4.69) is 5.32 Å². The maximum Gasteiger partial charge on any atom is 0.341 e. The van der Waals surface area contributed by atoms with Crippen LogP contribution in [-0.4, -0.2) is 25.1 Å². The third-order valence-corrected chi connectivity index (χ3v) is 6.21. The minimum atomic E-state index is -0.489. The van der Waals surface area contributed by atoms with Crippen molar-refractivity contribution < 1.29 is 23.5 Å². The molecule has 1 amide bonds. The number of thiophene rings is 1. The molecule has 4 aromatic rings. The van der Waals surface area contributed by atoms with Gasteiger partial charge >= 0.3 is 11.6 Å². The van der Waals surface area contributed by atoms with Gasteiger partial charge in [0.1, 0.15) is 21.9 Å². The second-order valence-corrected chi connectivity index (χ2v) is 8.21. The number of amides is 1. The molecule has 0 radical (unpaired) electrons. The molecule has 1 N–H and O–H groups in total. The predicted octanol–water partition coefficient (Wildman–Crippen LogP) is 4.82. The SMILES string of the molecule is CCOC(=O)c1c(NC(=O)COc2ccc3c(C)c(C)c(=O)oc3c2)sc2ccccc12. The van der Waals surface area contributed by atoms with E-state index in [1.807, 2.05) is 31.2 Å². The molecule has 0 unspecified atom stereocenters. The van der Waals surface area contributed by atoms with Crippen LogP contribution >= 0.6 is 11.3 Å². The molecule has 8 heteroatoms. The first-order chi connectivity index (χ1) is 15.4. The molecule has 0 atom stereocenters. The topological polar surface area (TPSA) is 94.8 Å². The summed E-state index contributed by atoms with van der Waals surface area (Å²) in [4.78, 5) is 37.0. The van der Waals surface area contributed by atoms with Crippen molar-refractivity contribution in [3.8, 4) is 5.75 Å². The molecule has 0 aliphatic rings. The highest BCUT2D eigenvalue weighted by molar-refractivity contribution is 7.23. The number of ether oxygens (including phenoxy) is 2. The molecule has 4 rings (SSSR count). The number of esters is 1. The van der Waals surface area contributed by atoms with E-state index in [4.69, 9.17) is 13.9 Å². The highest BCUT2D eigenvalue weighted by Crippen LogP contribution is 2.36. The number of hydrogen-bond donors (Lipinski definition) is 1. The standard InChI is InChI=1S/C24H21NO6S/c1-4-29-24(28)21-17-7-5-6-8-19(17)32-22(21)25-20(26)12-30-15-9-10-16-13(2)14(3)23(27)31-18(16)11-15/h5-11H,4,12H2,1-3H3,(H,25,26). The van der Waals surface area contributed by atoms with Crippen molar-refractivity contribution in [3.05, 3.63) is 69.6 Å². The number of carbonyl (C=O) groups excluding carboxylic acids is 2. The summed E-state index contributed by atoms with van der Waals surface area (Å²) in [6, 6.07) is 12.5. The van der Waals surface area contributed by atoms with Crippen LogP contribution in [0, 0.1) is 13.8 Å². The predicted molar refractivity (Wildman–Crippen MR) is 124 cm³/mol. The van der Waals surface area contributed by atoms with E-state index in [1.54, 1.807) is 32.0 Å². The van der Waals surface area contributed by atoms with E-state index < -0.39 is 17.5 Å². The quantitative estimate of drug-likeness (QED) is 0.334. The van der Waals surface area contributed by atoms with Crippen molar-refractivity contribution in [1.82, 2.24) is 0 Å². The molecular weight excluding hydrogens is 430 g/mol. The van der Waals surface area contributed by atoms with Crippen LogP contribution in [0.2, 0.25) is 0 Å². The van der Waals surface area contributed by atoms with Gasteiger partial charge in [0, 0.05) is 27.1 Å². The molecule has 2 aromatic heterocycles. The first-order valence-electron chi connectivity index (χ1n) is 10.0. The van der Waals surface area contributed by atoms with Crippen LogP contribution in [-0.2, 0) is 9.53 Å². The van der Waals surface area contributed by atoms with Gasteiger partial charge in [-0.15, -0.1) is 11.3 Å². The van der Waals surface area contributed by atoms with Crippen LogP contribution in [0.4, 0.5) is 5.00 Å². The fraction of sp³-hybridized carbons (Fsp3) is 0.208. The second kappa shape index (κ2) is 8.84. The fourth-order valence-electron chi connectivity index (χ4n) is 3.37. The lowest BCUT2D eigenvalue weighted by Gasteiger charge is -2.09. The van der Waals surface area contributed by atoms with Crippen molar-refractivity contribution >= 4 is 49.3 Å². The Morgan fingerprint density at radius 2 is 1.84 bits per heavy atom. The summed E-state index contributed by atoms with van der Waals surface area (Å²) in [6.45, 7) is 5.25. The van der Waals surface area contributed by atoms with Gasteiger partial charge in [-0.1, -0.05) is 18.2 Å². The number of rotatable bonds is 6. The minimum Gasteiger partial charge on any atom is -0.484 e. The number of hydrogen-bond acceptors (Lipinski definition) is 7. The first-order valence-corrected chi connectivity index (χ1v) is 10.9. The Balaban J connectivity index is 1.53. The van der Waals surface area contributed by atoms with Crippen molar-refractivity contribution in [2.45, 2.75) is 20.8 Å². The first kappa shape index (κ1) is 21.6. The molecule has 0 spiro atoms. The lowest BCUT2D eigenvalue weighted by molar-refractivity contribution is -0.118.